The molecule has 16 rings (SSSR count). The van der Waals surface area contributed by atoms with Crippen LogP contribution in [0.4, 0.5) is 0 Å². The van der Waals surface area contributed by atoms with E-state index < -0.39 is 0 Å². The van der Waals surface area contributed by atoms with Crippen LogP contribution in [0.2, 0.25) is 0 Å². The maximum absolute atomic E-state index is 6.29. The van der Waals surface area contributed by atoms with Crippen LogP contribution in [0.3, 0.4) is 0 Å². The maximum Gasteiger partial charge on any atom is 0.0606 e. The molecule has 536 valence electrons. The Morgan fingerprint density at radius 3 is 0.787 bits per heavy atom. The van der Waals surface area contributed by atoms with Crippen molar-refractivity contribution in [2.75, 3.05) is 13.2 Å². The maximum atomic E-state index is 6.29. The summed E-state index contributed by atoms with van der Waals surface area (Å²) in [5, 5.41) is 0. The van der Waals surface area contributed by atoms with E-state index in [1.54, 1.807) is 51.4 Å². The quantitative estimate of drug-likeness (QED) is 0.225. The molecule has 94 heavy (non-hydrogen) atoms. The van der Waals surface area contributed by atoms with Crippen LogP contribution in [0.1, 0.15) is 344 Å². The first kappa shape index (κ1) is 74.1. The Labute approximate surface area is 584 Å². The fourth-order valence-corrected chi connectivity index (χ4v) is 25.2. The summed E-state index contributed by atoms with van der Waals surface area (Å²) in [5.41, 5.74) is 10.4. The second-order valence-corrected chi connectivity index (χ2v) is 44.0. The van der Waals surface area contributed by atoms with Crippen LogP contribution in [-0.4, -0.2) is 25.4 Å². The van der Waals surface area contributed by atoms with Crippen molar-refractivity contribution >= 4 is 0 Å². The molecular weight excluding hydrogens is 1140 g/mol. The highest BCUT2D eigenvalue weighted by molar-refractivity contribution is 5.23. The Bertz CT molecular complexity index is 2210. The molecule has 10 saturated carbocycles. The van der Waals surface area contributed by atoms with Gasteiger partial charge < -0.3 is 9.47 Å². The highest BCUT2D eigenvalue weighted by atomic mass is 16.5. The van der Waals surface area contributed by atoms with Crippen molar-refractivity contribution in [3.63, 3.8) is 0 Å². The van der Waals surface area contributed by atoms with Gasteiger partial charge in [0.2, 0.25) is 0 Å². The summed E-state index contributed by atoms with van der Waals surface area (Å²) in [4.78, 5) is 0. The Morgan fingerprint density at radius 1 is 0.245 bits per heavy atom. The van der Waals surface area contributed by atoms with E-state index in [9.17, 15) is 0 Å². The fourth-order valence-electron chi connectivity index (χ4n) is 25.2. The summed E-state index contributed by atoms with van der Waals surface area (Å²) in [6.07, 6.45) is 58.8. The molecule has 0 aromatic rings. The molecule has 2 heteroatoms. The molecule has 0 N–H and O–H groups in total. The zero-order chi connectivity index (χ0) is 67.5. The van der Waals surface area contributed by atoms with Crippen molar-refractivity contribution in [2.24, 2.45) is 163 Å². The molecule has 12 fully saturated rings. The normalized spacial score (nSPS) is 42.7. The summed E-state index contributed by atoms with van der Waals surface area (Å²) in [5.74, 6) is 21.5. The van der Waals surface area contributed by atoms with Gasteiger partial charge in [0, 0.05) is 0 Å². The lowest BCUT2D eigenvalue weighted by atomic mass is 9.55. The third-order valence-electron chi connectivity index (χ3n) is 30.3. The molecule has 0 radical (unpaired) electrons. The number of allylic oxidation sites excluding steroid dienone is 8. The largest absolute Gasteiger partial charge is 0.378 e. The van der Waals surface area contributed by atoms with Crippen molar-refractivity contribution < 1.29 is 9.47 Å². The summed E-state index contributed by atoms with van der Waals surface area (Å²) >= 11 is 0. The molecule has 2 aliphatic heterocycles. The summed E-state index contributed by atoms with van der Waals surface area (Å²) in [7, 11) is 0. The van der Waals surface area contributed by atoms with E-state index in [-0.39, 0.29) is 0 Å². The summed E-state index contributed by atoms with van der Waals surface area (Å²) in [6.45, 7) is 48.9. The Kier molecular flexibility index (Phi) is 23.7. The van der Waals surface area contributed by atoms with Gasteiger partial charge >= 0.3 is 0 Å². The highest BCUT2D eigenvalue weighted by Gasteiger charge is 2.53. The predicted molar refractivity (Wildman–Crippen MR) is 404 cm³/mol. The zero-order valence-corrected chi connectivity index (χ0v) is 66.0. The van der Waals surface area contributed by atoms with E-state index in [2.05, 4.69) is 163 Å². The lowest BCUT2D eigenvalue weighted by molar-refractivity contribution is -0.0964. The monoisotopic (exact) mass is 1290 g/mol. The van der Waals surface area contributed by atoms with Crippen LogP contribution >= 0.6 is 0 Å². The second kappa shape index (κ2) is 30.1. The Balaban J connectivity index is 0.000000122. The lowest BCUT2D eigenvalue weighted by Gasteiger charge is -2.50. The minimum atomic E-state index is 0.474. The lowest BCUT2D eigenvalue weighted by Crippen LogP contribution is -2.46. The highest BCUT2D eigenvalue weighted by Crippen LogP contribution is 2.62. The summed E-state index contributed by atoms with van der Waals surface area (Å²) in [6, 6.07) is 0. The van der Waals surface area contributed by atoms with Crippen LogP contribution in [-0.2, 0) is 9.47 Å². The van der Waals surface area contributed by atoms with Crippen molar-refractivity contribution in [1.29, 1.82) is 0 Å². The molecule has 2 saturated heterocycles. The topological polar surface area (TPSA) is 18.5 Å². The van der Waals surface area contributed by atoms with Crippen molar-refractivity contribution in [3.05, 3.63) is 46.6 Å². The van der Waals surface area contributed by atoms with Crippen molar-refractivity contribution in [3.8, 4) is 0 Å². The number of ether oxygens (including phenoxy) is 2. The summed E-state index contributed by atoms with van der Waals surface area (Å²) < 4.78 is 12.6. The van der Waals surface area contributed by atoms with Gasteiger partial charge in [-0.15, -0.1) is 0 Å². The number of fused-ring (bicyclic) bond motifs is 20. The number of hydrogen-bond donors (Lipinski definition) is 0. The molecule has 2 nitrogen and oxygen atoms in total. The third-order valence-corrected chi connectivity index (χ3v) is 30.3. The van der Waals surface area contributed by atoms with Crippen LogP contribution < -0.4 is 0 Å². The van der Waals surface area contributed by atoms with E-state index in [1.807, 2.05) is 22.3 Å². The fraction of sp³-hybridized carbons (Fsp3) is 0.913. The molecule has 0 aromatic carbocycles. The smallest absolute Gasteiger partial charge is 0.0606 e. The average molecular weight is 1290 g/mol. The molecule has 0 spiro atoms. The first-order valence-electron chi connectivity index (χ1n) is 42.1. The molecule has 14 aliphatic carbocycles. The standard InChI is InChI=1S/2C21H34.2C20H32O.2C5H12/c2*1-21(2,3)16-9-12-18-15(13-16)8-11-19-17-6-4-5-14(17)7-10-20(18)19;2*1-20(2,3)14-8-10-15-13(11-14)7-9-16-17-5-4-6-19(17)21-12-18(15)16;2*1-5(2,3)4/h2*8,14,16-20H,4-7,9-13H2,1-3H3;2*7,14-19H,4-6,8-12H2,1-3H3;2*1-4H3. The minimum absolute atomic E-state index is 0.474. The SMILES string of the molecule is CC(C)(C)C.CC(C)(C)C.CC(C)(C)C1CCC2C(=CCC3C4CCCC4CCC23)C1.CC(C)(C)C1CCC2C(=CCC3C4CCCC4CCC23)C1.CC(C)(C)C1CCC2C(=CCC3C4CCCC4OCC23)C1.CC(C)(C)C1CCC2C(=CCC3C4CCCC4OCC23)C1. The van der Waals surface area contributed by atoms with E-state index >= 15 is 0 Å². The van der Waals surface area contributed by atoms with Gasteiger partial charge in [0.05, 0.1) is 25.4 Å². The van der Waals surface area contributed by atoms with E-state index in [4.69, 9.17) is 9.47 Å². The van der Waals surface area contributed by atoms with Crippen LogP contribution in [0.25, 0.3) is 0 Å². The van der Waals surface area contributed by atoms with Gasteiger partial charge in [0.15, 0.2) is 0 Å². The molecular formula is C92H156O2. The molecule has 2 heterocycles. The van der Waals surface area contributed by atoms with Gasteiger partial charge in [-0.1, -0.05) is 224 Å². The van der Waals surface area contributed by atoms with Crippen molar-refractivity contribution in [2.45, 2.75) is 356 Å². The minimum Gasteiger partial charge on any atom is -0.378 e. The second-order valence-electron chi connectivity index (χ2n) is 44.0. The first-order valence-corrected chi connectivity index (χ1v) is 42.1. The van der Waals surface area contributed by atoms with Gasteiger partial charge in [-0.05, 0) is 330 Å². The van der Waals surface area contributed by atoms with Gasteiger partial charge in [0.25, 0.3) is 0 Å². The van der Waals surface area contributed by atoms with Crippen molar-refractivity contribution in [1.82, 2.24) is 0 Å². The molecule has 0 bridgehead atoms. The molecule has 24 atom stereocenters. The predicted octanol–water partition coefficient (Wildman–Crippen LogP) is 27.0. The van der Waals surface area contributed by atoms with E-state index in [0.717, 1.165) is 143 Å². The first-order chi connectivity index (χ1) is 44.2. The Hall–Kier alpha value is -1.12. The van der Waals surface area contributed by atoms with Gasteiger partial charge in [-0.25, -0.2) is 0 Å². The van der Waals surface area contributed by atoms with Gasteiger partial charge in [-0.3, -0.25) is 0 Å². The molecule has 0 aromatic heterocycles. The Morgan fingerprint density at radius 2 is 0.500 bits per heavy atom. The molecule has 16 aliphatic rings. The number of rotatable bonds is 0. The molecule has 0 amide bonds. The van der Waals surface area contributed by atoms with E-state index in [1.165, 1.54) is 154 Å². The van der Waals surface area contributed by atoms with Gasteiger partial charge in [0.1, 0.15) is 0 Å². The van der Waals surface area contributed by atoms with Crippen LogP contribution in [0.15, 0.2) is 46.6 Å². The average Bonchev–Trinajstić information content (AvgIpc) is 1.59. The van der Waals surface area contributed by atoms with Crippen LogP contribution in [0, 0.1) is 163 Å². The third kappa shape index (κ3) is 17.8. The zero-order valence-electron chi connectivity index (χ0n) is 66.0. The number of hydrogen-bond acceptors (Lipinski definition) is 2. The van der Waals surface area contributed by atoms with E-state index in [0.29, 0.717) is 44.7 Å². The van der Waals surface area contributed by atoms with Gasteiger partial charge in [-0.2, -0.15) is 0 Å². The molecule has 24 unspecified atom stereocenters. The van der Waals surface area contributed by atoms with Crippen LogP contribution in [0.5, 0.6) is 0 Å².